The maximum absolute atomic E-state index is 11.9. The van der Waals surface area contributed by atoms with E-state index in [1.165, 1.54) is 0 Å². The number of benzene rings is 1. The number of hydrogen-bond acceptors (Lipinski definition) is 1. The van der Waals surface area contributed by atoms with Crippen LogP contribution in [0.5, 0.6) is 5.75 Å². The molecule has 1 aromatic rings. The Balaban J connectivity index is 2.50. The molecule has 0 saturated carbocycles. The van der Waals surface area contributed by atoms with E-state index in [0.717, 1.165) is 12.0 Å². The monoisotopic (exact) mass is 218 g/mol. The van der Waals surface area contributed by atoms with E-state index in [9.17, 15) is 13.2 Å². The van der Waals surface area contributed by atoms with E-state index in [-0.39, 0.29) is 6.61 Å². The van der Waals surface area contributed by atoms with Crippen LogP contribution in [0.2, 0.25) is 0 Å². The predicted molar refractivity (Wildman–Crippen MR) is 52.0 cm³/mol. The van der Waals surface area contributed by atoms with Gasteiger partial charge in [0.15, 0.2) is 0 Å². The van der Waals surface area contributed by atoms with Crippen molar-refractivity contribution in [3.8, 4) is 5.75 Å². The minimum absolute atomic E-state index is 0.319. The van der Waals surface area contributed by atoms with Gasteiger partial charge in [0.05, 0.1) is 13.0 Å². The highest BCUT2D eigenvalue weighted by Gasteiger charge is 2.26. The van der Waals surface area contributed by atoms with Crippen LogP contribution in [0.15, 0.2) is 24.3 Å². The van der Waals surface area contributed by atoms with Gasteiger partial charge in [-0.05, 0) is 18.1 Å². The van der Waals surface area contributed by atoms with Gasteiger partial charge in [-0.25, -0.2) is 0 Å². The Morgan fingerprint density at radius 2 is 1.87 bits per heavy atom. The van der Waals surface area contributed by atoms with Crippen LogP contribution in [0.25, 0.3) is 0 Å². The number of aryl methyl sites for hydroxylation is 1. The lowest BCUT2D eigenvalue weighted by molar-refractivity contribution is -0.139. The third kappa shape index (κ3) is 4.23. The van der Waals surface area contributed by atoms with Crippen molar-refractivity contribution in [2.45, 2.75) is 25.9 Å². The van der Waals surface area contributed by atoms with E-state index in [0.29, 0.717) is 5.75 Å². The third-order valence-electron chi connectivity index (χ3n) is 2.00. The molecule has 0 aliphatic rings. The van der Waals surface area contributed by atoms with E-state index < -0.39 is 12.6 Å². The number of ether oxygens (including phenoxy) is 1. The molecule has 0 aromatic heterocycles. The molecule has 0 spiro atoms. The van der Waals surface area contributed by atoms with E-state index in [4.69, 9.17) is 4.74 Å². The zero-order chi connectivity index (χ0) is 11.3. The molecule has 0 aliphatic carbocycles. The maximum Gasteiger partial charge on any atom is 0.392 e. The van der Waals surface area contributed by atoms with E-state index in [1.807, 2.05) is 19.1 Å². The lowest BCUT2D eigenvalue weighted by atomic mass is 10.1. The molecule has 0 fully saturated rings. The highest BCUT2D eigenvalue weighted by atomic mass is 19.4. The SMILES string of the molecule is CCc1ccccc1OCCC(F)(F)F. The topological polar surface area (TPSA) is 9.23 Å². The molecule has 0 N–H and O–H groups in total. The summed E-state index contributed by atoms with van der Waals surface area (Å²) >= 11 is 0. The minimum atomic E-state index is -4.15. The molecule has 4 heteroatoms. The number of alkyl halides is 3. The molecule has 0 bridgehead atoms. The first kappa shape index (κ1) is 11.9. The first-order valence-corrected chi connectivity index (χ1v) is 4.80. The lowest BCUT2D eigenvalue weighted by Crippen LogP contribution is -2.13. The van der Waals surface area contributed by atoms with Crippen molar-refractivity contribution < 1.29 is 17.9 Å². The minimum Gasteiger partial charge on any atom is -0.493 e. The summed E-state index contributed by atoms with van der Waals surface area (Å²) in [7, 11) is 0. The molecule has 0 aliphatic heterocycles. The second kappa shape index (κ2) is 5.05. The summed E-state index contributed by atoms with van der Waals surface area (Å²) in [4.78, 5) is 0. The van der Waals surface area contributed by atoms with Crippen LogP contribution in [-0.4, -0.2) is 12.8 Å². The molecule has 1 rings (SSSR count). The highest BCUT2D eigenvalue weighted by Crippen LogP contribution is 2.22. The van der Waals surface area contributed by atoms with Gasteiger partial charge in [0, 0.05) is 0 Å². The van der Waals surface area contributed by atoms with Crippen molar-refractivity contribution >= 4 is 0 Å². The molecule has 0 saturated heterocycles. The smallest absolute Gasteiger partial charge is 0.392 e. The lowest BCUT2D eigenvalue weighted by Gasteiger charge is -2.11. The highest BCUT2D eigenvalue weighted by molar-refractivity contribution is 5.33. The summed E-state index contributed by atoms with van der Waals surface area (Å²) in [5, 5.41) is 0. The van der Waals surface area contributed by atoms with Gasteiger partial charge >= 0.3 is 6.18 Å². The molecule has 1 nitrogen and oxygen atoms in total. The summed E-state index contributed by atoms with van der Waals surface area (Å²) in [6.07, 6.45) is -4.31. The summed E-state index contributed by atoms with van der Waals surface area (Å²) in [5.41, 5.74) is 0.930. The van der Waals surface area contributed by atoms with E-state index in [2.05, 4.69) is 0 Å². The third-order valence-corrected chi connectivity index (χ3v) is 2.00. The van der Waals surface area contributed by atoms with Crippen molar-refractivity contribution in [2.24, 2.45) is 0 Å². The van der Waals surface area contributed by atoms with Crippen molar-refractivity contribution in [1.82, 2.24) is 0 Å². The molecular weight excluding hydrogens is 205 g/mol. The number of hydrogen-bond donors (Lipinski definition) is 0. The Labute approximate surface area is 86.9 Å². The van der Waals surface area contributed by atoms with Crippen LogP contribution >= 0.6 is 0 Å². The molecular formula is C11H13F3O. The van der Waals surface area contributed by atoms with Crippen LogP contribution in [0.4, 0.5) is 13.2 Å². The molecule has 84 valence electrons. The Morgan fingerprint density at radius 1 is 1.20 bits per heavy atom. The Morgan fingerprint density at radius 3 is 2.47 bits per heavy atom. The maximum atomic E-state index is 11.9. The van der Waals surface area contributed by atoms with Crippen molar-refractivity contribution in [1.29, 1.82) is 0 Å². The normalized spacial score (nSPS) is 11.5. The zero-order valence-electron chi connectivity index (χ0n) is 8.47. The van der Waals surface area contributed by atoms with Gasteiger partial charge in [-0.3, -0.25) is 0 Å². The van der Waals surface area contributed by atoms with Crippen LogP contribution in [0, 0.1) is 0 Å². The van der Waals surface area contributed by atoms with Gasteiger partial charge in [0.1, 0.15) is 5.75 Å². The Kier molecular flexibility index (Phi) is 4.00. The van der Waals surface area contributed by atoms with Gasteiger partial charge in [-0.1, -0.05) is 25.1 Å². The van der Waals surface area contributed by atoms with Crippen LogP contribution in [0.3, 0.4) is 0 Å². The van der Waals surface area contributed by atoms with Gasteiger partial charge in [-0.2, -0.15) is 13.2 Å². The molecule has 1 aromatic carbocycles. The molecule has 0 amide bonds. The van der Waals surface area contributed by atoms with Crippen molar-refractivity contribution in [3.63, 3.8) is 0 Å². The van der Waals surface area contributed by atoms with E-state index in [1.54, 1.807) is 12.1 Å². The van der Waals surface area contributed by atoms with Crippen LogP contribution in [-0.2, 0) is 6.42 Å². The standard InChI is InChI=1S/C11H13F3O/c1-2-9-5-3-4-6-10(9)15-8-7-11(12,13)14/h3-6H,2,7-8H2,1H3. The average Bonchev–Trinajstić information content (AvgIpc) is 2.16. The zero-order valence-corrected chi connectivity index (χ0v) is 8.47. The number of rotatable bonds is 4. The summed E-state index contributed by atoms with van der Waals surface area (Å²) in [6, 6.07) is 7.13. The fourth-order valence-electron chi connectivity index (χ4n) is 1.21. The molecule has 0 heterocycles. The van der Waals surface area contributed by atoms with Gasteiger partial charge < -0.3 is 4.74 Å². The fourth-order valence-corrected chi connectivity index (χ4v) is 1.21. The summed E-state index contributed by atoms with van der Waals surface area (Å²) in [5.74, 6) is 0.546. The van der Waals surface area contributed by atoms with Gasteiger partial charge in [0.2, 0.25) is 0 Å². The number of halogens is 3. The molecule has 15 heavy (non-hydrogen) atoms. The summed E-state index contributed by atoms with van der Waals surface area (Å²) in [6.45, 7) is 1.62. The first-order valence-electron chi connectivity index (χ1n) is 4.80. The van der Waals surface area contributed by atoms with Crippen molar-refractivity contribution in [3.05, 3.63) is 29.8 Å². The quantitative estimate of drug-likeness (QED) is 0.750. The van der Waals surface area contributed by atoms with Crippen molar-refractivity contribution in [2.75, 3.05) is 6.61 Å². The Bertz CT molecular complexity index is 307. The molecule has 0 unspecified atom stereocenters. The second-order valence-electron chi connectivity index (χ2n) is 3.17. The van der Waals surface area contributed by atoms with Gasteiger partial charge in [-0.15, -0.1) is 0 Å². The van der Waals surface area contributed by atoms with E-state index >= 15 is 0 Å². The number of para-hydroxylation sites is 1. The summed E-state index contributed by atoms with van der Waals surface area (Å²) < 4.78 is 40.7. The molecule has 0 radical (unpaired) electrons. The van der Waals surface area contributed by atoms with Crippen LogP contribution < -0.4 is 4.74 Å². The average molecular weight is 218 g/mol. The predicted octanol–water partition coefficient (Wildman–Crippen LogP) is 3.58. The molecule has 0 atom stereocenters. The largest absolute Gasteiger partial charge is 0.493 e. The Hall–Kier alpha value is -1.19. The fraction of sp³-hybridized carbons (Fsp3) is 0.455. The van der Waals surface area contributed by atoms with Gasteiger partial charge in [0.25, 0.3) is 0 Å². The first-order chi connectivity index (χ1) is 7.03. The van der Waals surface area contributed by atoms with Crippen LogP contribution in [0.1, 0.15) is 18.9 Å². The second-order valence-corrected chi connectivity index (χ2v) is 3.17.